The van der Waals surface area contributed by atoms with Gasteiger partial charge < -0.3 is 0 Å². The van der Waals surface area contributed by atoms with Crippen molar-refractivity contribution in [1.82, 2.24) is 0 Å². The predicted molar refractivity (Wildman–Crippen MR) is 87.3 cm³/mol. The maximum atomic E-state index is 12.0. The van der Waals surface area contributed by atoms with E-state index in [-0.39, 0.29) is 5.78 Å². The summed E-state index contributed by atoms with van der Waals surface area (Å²) in [6.07, 6.45) is 4.50. The molecule has 1 heteroatoms. The van der Waals surface area contributed by atoms with Gasteiger partial charge in [-0.25, -0.2) is 0 Å². The Kier molecular flexibility index (Phi) is 4.01. The fourth-order valence-electron chi connectivity index (χ4n) is 3.09. The van der Waals surface area contributed by atoms with Crippen molar-refractivity contribution in [2.24, 2.45) is 0 Å². The van der Waals surface area contributed by atoms with Crippen molar-refractivity contribution in [3.63, 3.8) is 0 Å². The third-order valence-electron chi connectivity index (χ3n) is 4.18. The minimum Gasteiger partial charge on any atom is -0.289 e. The van der Waals surface area contributed by atoms with E-state index in [1.54, 1.807) is 0 Å². The van der Waals surface area contributed by atoms with E-state index in [0.717, 1.165) is 24.0 Å². The van der Waals surface area contributed by atoms with E-state index in [4.69, 9.17) is 0 Å². The van der Waals surface area contributed by atoms with Crippen molar-refractivity contribution in [1.29, 1.82) is 0 Å². The Labute approximate surface area is 126 Å². The molecule has 2 aliphatic rings. The van der Waals surface area contributed by atoms with Crippen LogP contribution in [0.25, 0.3) is 5.57 Å². The molecule has 1 nitrogen and oxygen atoms in total. The maximum absolute atomic E-state index is 12.0. The van der Waals surface area contributed by atoms with Crippen molar-refractivity contribution in [2.75, 3.05) is 0 Å². The first-order valence-corrected chi connectivity index (χ1v) is 7.65. The van der Waals surface area contributed by atoms with Gasteiger partial charge >= 0.3 is 0 Å². The van der Waals surface area contributed by atoms with Gasteiger partial charge in [0.2, 0.25) is 0 Å². The van der Waals surface area contributed by atoms with E-state index in [0.29, 0.717) is 0 Å². The standard InChI is InChI=1S/C13H12O.C7H8/c14-13-11-7-3-1-5-9(11)10-6-2-4-8-12(10)13;1-7-5-3-2-4-6-7/h1,3,5,7H,2,4,6,8H2;2-6H,1H3. The quantitative estimate of drug-likeness (QED) is 0.646. The maximum Gasteiger partial charge on any atom is 0.189 e. The van der Waals surface area contributed by atoms with Crippen LogP contribution in [0.5, 0.6) is 0 Å². The summed E-state index contributed by atoms with van der Waals surface area (Å²) in [6, 6.07) is 18.3. The highest BCUT2D eigenvalue weighted by Gasteiger charge is 2.29. The second kappa shape index (κ2) is 6.09. The number of hydrogen-bond donors (Lipinski definition) is 0. The summed E-state index contributed by atoms with van der Waals surface area (Å²) < 4.78 is 0. The predicted octanol–water partition coefficient (Wildman–Crippen LogP) is 5.21. The summed E-state index contributed by atoms with van der Waals surface area (Å²) in [4.78, 5) is 12.0. The Balaban J connectivity index is 0.000000160. The number of hydrogen-bond acceptors (Lipinski definition) is 1. The molecule has 0 amide bonds. The topological polar surface area (TPSA) is 17.1 Å². The summed E-state index contributed by atoms with van der Waals surface area (Å²) >= 11 is 0. The lowest BCUT2D eigenvalue weighted by Gasteiger charge is -2.12. The Morgan fingerprint density at radius 2 is 1.29 bits per heavy atom. The van der Waals surface area contributed by atoms with Gasteiger partial charge in [0.15, 0.2) is 5.78 Å². The molecule has 2 aromatic carbocycles. The van der Waals surface area contributed by atoms with Crippen molar-refractivity contribution in [3.8, 4) is 0 Å². The van der Waals surface area contributed by atoms with Crippen LogP contribution < -0.4 is 0 Å². The molecule has 2 aliphatic carbocycles. The Hall–Kier alpha value is -2.15. The molecule has 0 N–H and O–H groups in total. The molecule has 0 spiro atoms. The molecule has 2 aromatic rings. The van der Waals surface area contributed by atoms with Crippen molar-refractivity contribution in [2.45, 2.75) is 32.6 Å². The van der Waals surface area contributed by atoms with Gasteiger partial charge in [-0.05, 0) is 43.7 Å². The SMILES string of the molecule is Cc1ccccc1.O=C1C2=C(CCCC2)c2ccccc21. The zero-order valence-corrected chi connectivity index (χ0v) is 12.4. The Bertz CT molecular complexity index is 680. The van der Waals surface area contributed by atoms with E-state index >= 15 is 0 Å². The lowest BCUT2D eigenvalue weighted by molar-refractivity contribution is 0.103. The molecule has 0 saturated heterocycles. The van der Waals surface area contributed by atoms with E-state index in [2.05, 4.69) is 25.1 Å². The number of allylic oxidation sites excluding steroid dienone is 2. The molecule has 4 rings (SSSR count). The third-order valence-corrected chi connectivity index (χ3v) is 4.18. The monoisotopic (exact) mass is 276 g/mol. The first-order valence-electron chi connectivity index (χ1n) is 7.65. The van der Waals surface area contributed by atoms with Crippen LogP contribution in [-0.2, 0) is 0 Å². The second-order valence-corrected chi connectivity index (χ2v) is 5.69. The molecule has 0 aliphatic heterocycles. The van der Waals surface area contributed by atoms with Gasteiger partial charge in [-0.15, -0.1) is 0 Å². The molecule has 0 fully saturated rings. The Morgan fingerprint density at radius 3 is 1.90 bits per heavy atom. The van der Waals surface area contributed by atoms with Crippen LogP contribution in [0, 0.1) is 6.92 Å². The van der Waals surface area contributed by atoms with Crippen LogP contribution in [0.2, 0.25) is 0 Å². The molecular weight excluding hydrogens is 256 g/mol. The van der Waals surface area contributed by atoms with Crippen LogP contribution in [0.4, 0.5) is 0 Å². The van der Waals surface area contributed by atoms with Crippen LogP contribution >= 0.6 is 0 Å². The molecule has 0 atom stereocenters. The first kappa shape index (κ1) is 13.8. The summed E-state index contributed by atoms with van der Waals surface area (Å²) in [5, 5.41) is 0. The van der Waals surface area contributed by atoms with Gasteiger partial charge in [-0.1, -0.05) is 60.2 Å². The van der Waals surface area contributed by atoms with Gasteiger partial charge in [0, 0.05) is 11.1 Å². The molecule has 21 heavy (non-hydrogen) atoms. The fourth-order valence-corrected chi connectivity index (χ4v) is 3.09. The highest BCUT2D eigenvalue weighted by atomic mass is 16.1. The third kappa shape index (κ3) is 2.82. The molecule has 0 unspecified atom stereocenters. The van der Waals surface area contributed by atoms with Crippen LogP contribution in [-0.4, -0.2) is 5.78 Å². The van der Waals surface area contributed by atoms with E-state index in [9.17, 15) is 4.79 Å². The minimum atomic E-state index is 0.287. The summed E-state index contributed by atoms with van der Waals surface area (Å²) in [6.45, 7) is 2.08. The zero-order chi connectivity index (χ0) is 14.7. The molecule has 0 aromatic heterocycles. The molecular formula is C20H20O. The van der Waals surface area contributed by atoms with Gasteiger partial charge in [-0.3, -0.25) is 4.79 Å². The highest BCUT2D eigenvalue weighted by Crippen LogP contribution is 2.40. The molecule has 0 saturated carbocycles. The van der Waals surface area contributed by atoms with E-state index < -0.39 is 0 Å². The molecule has 0 heterocycles. The van der Waals surface area contributed by atoms with Gasteiger partial charge in [0.25, 0.3) is 0 Å². The molecule has 106 valence electrons. The summed E-state index contributed by atoms with van der Waals surface area (Å²) in [7, 11) is 0. The first-order chi connectivity index (χ1) is 10.3. The number of carbonyl (C=O) groups excluding carboxylic acids is 1. The number of benzene rings is 2. The van der Waals surface area contributed by atoms with Gasteiger partial charge in [0.05, 0.1) is 0 Å². The average molecular weight is 276 g/mol. The highest BCUT2D eigenvalue weighted by molar-refractivity contribution is 6.20. The molecule has 0 radical (unpaired) electrons. The number of rotatable bonds is 0. The zero-order valence-electron chi connectivity index (χ0n) is 12.4. The van der Waals surface area contributed by atoms with E-state index in [1.165, 1.54) is 29.5 Å². The van der Waals surface area contributed by atoms with Gasteiger partial charge in [0.1, 0.15) is 0 Å². The Morgan fingerprint density at radius 1 is 0.714 bits per heavy atom. The van der Waals surface area contributed by atoms with Crippen molar-refractivity contribution < 1.29 is 4.79 Å². The number of ketones is 1. The minimum absolute atomic E-state index is 0.287. The number of Topliss-reactive ketones (excluding diaryl/α,β-unsaturated/α-hetero) is 1. The fraction of sp³-hybridized carbons (Fsp3) is 0.250. The lowest BCUT2D eigenvalue weighted by atomic mass is 9.92. The largest absolute Gasteiger partial charge is 0.289 e. The van der Waals surface area contributed by atoms with Crippen molar-refractivity contribution >= 4 is 11.4 Å². The van der Waals surface area contributed by atoms with Crippen LogP contribution in [0.15, 0.2) is 60.2 Å². The smallest absolute Gasteiger partial charge is 0.189 e. The molecule has 0 bridgehead atoms. The van der Waals surface area contributed by atoms with Crippen LogP contribution in [0.3, 0.4) is 0 Å². The van der Waals surface area contributed by atoms with Crippen molar-refractivity contribution in [3.05, 3.63) is 76.9 Å². The van der Waals surface area contributed by atoms with Crippen LogP contribution in [0.1, 0.15) is 47.2 Å². The number of aryl methyl sites for hydroxylation is 1. The summed E-state index contributed by atoms with van der Waals surface area (Å²) in [5.74, 6) is 0.287. The second-order valence-electron chi connectivity index (χ2n) is 5.69. The summed E-state index contributed by atoms with van der Waals surface area (Å²) in [5.41, 5.74) is 5.88. The number of carbonyl (C=O) groups is 1. The lowest BCUT2D eigenvalue weighted by Crippen LogP contribution is -2.01. The normalized spacial score (nSPS) is 16.0. The number of fused-ring (bicyclic) bond motifs is 2. The average Bonchev–Trinajstić information content (AvgIpc) is 2.83. The van der Waals surface area contributed by atoms with Gasteiger partial charge in [-0.2, -0.15) is 0 Å². The van der Waals surface area contributed by atoms with E-state index in [1.807, 2.05) is 36.4 Å².